The Hall–Kier alpha value is -1.83. The Balaban J connectivity index is 0.000000531. The molecule has 1 aromatic carbocycles. The lowest BCUT2D eigenvalue weighted by Crippen LogP contribution is -1.96. The van der Waals surface area contributed by atoms with E-state index in [0.29, 0.717) is 5.69 Å². The number of aromatic nitrogens is 1. The maximum atomic E-state index is 10.6. The van der Waals surface area contributed by atoms with Gasteiger partial charge in [0.05, 0.1) is 5.69 Å². The van der Waals surface area contributed by atoms with Gasteiger partial charge in [-0.05, 0) is 24.3 Å². The Bertz CT molecular complexity index is 403. The van der Waals surface area contributed by atoms with Gasteiger partial charge < -0.3 is 4.57 Å². The number of hydrogen-bond acceptors (Lipinski definition) is 1. The Labute approximate surface area is 90.2 Å². The van der Waals surface area contributed by atoms with Crippen molar-refractivity contribution < 1.29 is 4.79 Å². The summed E-state index contributed by atoms with van der Waals surface area (Å²) in [4.78, 5) is 10.6. The van der Waals surface area contributed by atoms with Crippen molar-refractivity contribution in [3.05, 3.63) is 54.4 Å². The van der Waals surface area contributed by atoms with Crippen LogP contribution in [-0.2, 0) is 0 Å². The Morgan fingerprint density at radius 2 is 1.67 bits per heavy atom. The molecule has 0 unspecified atom stereocenters. The second-order valence-electron chi connectivity index (χ2n) is 2.76. The third-order valence-corrected chi connectivity index (χ3v) is 1.94. The number of carbonyl (C=O) groups is 1. The highest BCUT2D eigenvalue weighted by Gasteiger charge is 1.99. The predicted octanol–water partition coefficient (Wildman–Crippen LogP) is 3.32. The molecule has 78 valence electrons. The molecule has 0 aliphatic rings. The molecule has 0 aliphatic heterocycles. The zero-order chi connectivity index (χ0) is 11.1. The first-order valence-electron chi connectivity index (χ1n) is 5.10. The molecule has 2 aromatic rings. The second kappa shape index (κ2) is 5.81. The molecule has 0 atom stereocenters. The minimum Gasteiger partial charge on any atom is -0.314 e. The van der Waals surface area contributed by atoms with E-state index in [1.165, 1.54) is 0 Å². The van der Waals surface area contributed by atoms with Gasteiger partial charge in [0.2, 0.25) is 0 Å². The van der Waals surface area contributed by atoms with Gasteiger partial charge in [-0.3, -0.25) is 4.79 Å². The molecule has 2 nitrogen and oxygen atoms in total. The molecule has 0 bridgehead atoms. The molecule has 0 saturated heterocycles. The lowest BCUT2D eigenvalue weighted by Gasteiger charge is -2.03. The maximum absolute atomic E-state index is 10.6. The number of carbonyl (C=O) groups excluding carboxylic acids is 1. The van der Waals surface area contributed by atoms with Crippen molar-refractivity contribution in [2.45, 2.75) is 13.8 Å². The maximum Gasteiger partial charge on any atom is 0.166 e. The van der Waals surface area contributed by atoms with Gasteiger partial charge in [-0.25, -0.2) is 0 Å². The number of hydrogen-bond donors (Lipinski definition) is 0. The van der Waals surface area contributed by atoms with E-state index in [1.54, 1.807) is 6.07 Å². The molecule has 0 N–H and O–H groups in total. The highest BCUT2D eigenvalue weighted by atomic mass is 16.1. The molecule has 2 heteroatoms. The van der Waals surface area contributed by atoms with Crippen LogP contribution in [0, 0.1) is 0 Å². The third-order valence-electron chi connectivity index (χ3n) is 1.94. The van der Waals surface area contributed by atoms with Gasteiger partial charge in [0, 0.05) is 11.9 Å². The quantitative estimate of drug-likeness (QED) is 0.683. The van der Waals surface area contributed by atoms with E-state index >= 15 is 0 Å². The van der Waals surface area contributed by atoms with Crippen LogP contribution in [0.4, 0.5) is 0 Å². The van der Waals surface area contributed by atoms with E-state index < -0.39 is 0 Å². The summed E-state index contributed by atoms with van der Waals surface area (Å²) < 4.78 is 1.85. The first kappa shape index (κ1) is 11.2. The molecule has 1 aromatic heterocycles. The first-order valence-corrected chi connectivity index (χ1v) is 5.10. The van der Waals surface area contributed by atoms with Crippen LogP contribution < -0.4 is 0 Å². The Morgan fingerprint density at radius 1 is 1.00 bits per heavy atom. The molecule has 2 rings (SSSR count). The summed E-state index contributed by atoms with van der Waals surface area (Å²) in [5.41, 5.74) is 1.68. The topological polar surface area (TPSA) is 22.0 Å². The van der Waals surface area contributed by atoms with Crippen LogP contribution in [0.3, 0.4) is 0 Å². The number of para-hydroxylation sites is 1. The van der Waals surface area contributed by atoms with Crippen molar-refractivity contribution >= 4 is 6.29 Å². The number of rotatable bonds is 2. The Kier molecular flexibility index (Phi) is 4.35. The van der Waals surface area contributed by atoms with Gasteiger partial charge >= 0.3 is 0 Å². The fourth-order valence-corrected chi connectivity index (χ4v) is 1.31. The van der Waals surface area contributed by atoms with Crippen LogP contribution >= 0.6 is 0 Å². The molecule has 0 amide bonds. The molecular weight excluding hydrogens is 186 g/mol. The van der Waals surface area contributed by atoms with Gasteiger partial charge in [-0.15, -0.1) is 0 Å². The summed E-state index contributed by atoms with van der Waals surface area (Å²) in [5, 5.41) is 0. The summed E-state index contributed by atoms with van der Waals surface area (Å²) in [6.45, 7) is 4.00. The van der Waals surface area contributed by atoms with Crippen LogP contribution in [0.15, 0.2) is 48.7 Å². The van der Waals surface area contributed by atoms with Gasteiger partial charge in [0.25, 0.3) is 0 Å². The minimum absolute atomic E-state index is 0.672. The summed E-state index contributed by atoms with van der Waals surface area (Å²) >= 11 is 0. The van der Waals surface area contributed by atoms with Gasteiger partial charge in [-0.2, -0.15) is 0 Å². The number of nitrogens with zero attached hydrogens (tertiary/aromatic N) is 1. The van der Waals surface area contributed by atoms with Crippen molar-refractivity contribution in [3.63, 3.8) is 0 Å². The molecule has 0 fully saturated rings. The summed E-state index contributed by atoms with van der Waals surface area (Å²) in [6, 6.07) is 13.4. The highest BCUT2D eigenvalue weighted by Crippen LogP contribution is 2.10. The lowest BCUT2D eigenvalue weighted by atomic mass is 10.3. The molecule has 0 radical (unpaired) electrons. The minimum atomic E-state index is 0.672. The van der Waals surface area contributed by atoms with E-state index in [9.17, 15) is 4.79 Å². The summed E-state index contributed by atoms with van der Waals surface area (Å²) in [5.74, 6) is 0. The van der Waals surface area contributed by atoms with Crippen molar-refractivity contribution in [1.82, 2.24) is 4.57 Å². The van der Waals surface area contributed by atoms with E-state index in [2.05, 4.69) is 0 Å². The second-order valence-corrected chi connectivity index (χ2v) is 2.76. The van der Waals surface area contributed by atoms with E-state index in [1.807, 2.05) is 61.0 Å². The van der Waals surface area contributed by atoms with E-state index in [0.717, 1.165) is 12.0 Å². The highest BCUT2D eigenvalue weighted by molar-refractivity contribution is 5.73. The van der Waals surface area contributed by atoms with Crippen molar-refractivity contribution in [2.24, 2.45) is 0 Å². The SMILES string of the molecule is CC.O=Cc1cccn1-c1ccccc1. The van der Waals surface area contributed by atoms with Crippen LogP contribution in [-0.4, -0.2) is 10.9 Å². The van der Waals surface area contributed by atoms with Gasteiger partial charge in [0.15, 0.2) is 6.29 Å². The third kappa shape index (κ3) is 2.56. The standard InChI is InChI=1S/C11H9NO.C2H6/c13-9-11-7-4-8-12(11)10-5-2-1-3-6-10;1-2/h1-9H;1-2H3. The summed E-state index contributed by atoms with van der Waals surface area (Å²) in [7, 11) is 0. The van der Waals surface area contributed by atoms with Crippen LogP contribution in [0.1, 0.15) is 24.3 Å². The van der Waals surface area contributed by atoms with Crippen molar-refractivity contribution in [1.29, 1.82) is 0 Å². The van der Waals surface area contributed by atoms with Crippen LogP contribution in [0.2, 0.25) is 0 Å². The molecular formula is C13H15NO. The first-order chi connectivity index (χ1) is 7.42. The monoisotopic (exact) mass is 201 g/mol. The zero-order valence-corrected chi connectivity index (χ0v) is 9.05. The van der Waals surface area contributed by atoms with Gasteiger partial charge in [-0.1, -0.05) is 32.0 Å². The molecule has 0 spiro atoms. The zero-order valence-electron chi connectivity index (χ0n) is 9.05. The molecule has 0 saturated carbocycles. The predicted molar refractivity (Wildman–Crippen MR) is 62.5 cm³/mol. The largest absolute Gasteiger partial charge is 0.314 e. The van der Waals surface area contributed by atoms with Crippen molar-refractivity contribution in [3.8, 4) is 5.69 Å². The van der Waals surface area contributed by atoms with E-state index in [4.69, 9.17) is 0 Å². The van der Waals surface area contributed by atoms with Crippen LogP contribution in [0.25, 0.3) is 5.69 Å². The normalized spacial score (nSPS) is 8.93. The van der Waals surface area contributed by atoms with Gasteiger partial charge in [0.1, 0.15) is 0 Å². The Morgan fingerprint density at radius 3 is 2.27 bits per heavy atom. The van der Waals surface area contributed by atoms with Crippen LogP contribution in [0.5, 0.6) is 0 Å². The number of aldehydes is 1. The van der Waals surface area contributed by atoms with E-state index in [-0.39, 0.29) is 0 Å². The molecule has 0 aliphatic carbocycles. The fraction of sp³-hybridized carbons (Fsp3) is 0.154. The average Bonchev–Trinajstić information content (AvgIpc) is 2.81. The smallest absolute Gasteiger partial charge is 0.166 e. The number of benzene rings is 1. The lowest BCUT2D eigenvalue weighted by molar-refractivity contribution is 0.111. The molecule has 15 heavy (non-hydrogen) atoms. The average molecular weight is 201 g/mol. The molecule has 1 heterocycles. The fourth-order valence-electron chi connectivity index (χ4n) is 1.31. The van der Waals surface area contributed by atoms with Crippen molar-refractivity contribution in [2.75, 3.05) is 0 Å². The summed E-state index contributed by atoms with van der Waals surface area (Å²) in [6.07, 6.45) is 2.73.